The van der Waals surface area contributed by atoms with Gasteiger partial charge < -0.3 is 10.1 Å². The number of carbonyl (C=O) groups excluding carboxylic acids is 1. The molecule has 0 saturated carbocycles. The van der Waals surface area contributed by atoms with E-state index in [9.17, 15) is 4.79 Å². The molecule has 0 aliphatic heterocycles. The largest absolute Gasteiger partial charge is 0.495 e. The third-order valence-electron chi connectivity index (χ3n) is 4.80. The molecule has 0 aliphatic carbocycles. The van der Waals surface area contributed by atoms with Crippen LogP contribution in [0, 0.1) is 20.8 Å². The lowest BCUT2D eigenvalue weighted by atomic mass is 10.1. The van der Waals surface area contributed by atoms with Gasteiger partial charge in [-0.05, 0) is 56.5 Å². The van der Waals surface area contributed by atoms with Crippen molar-refractivity contribution in [1.29, 1.82) is 0 Å². The molecule has 0 radical (unpaired) electrons. The van der Waals surface area contributed by atoms with Gasteiger partial charge in [0.05, 0.1) is 24.2 Å². The third kappa shape index (κ3) is 4.20. The minimum atomic E-state index is -0.0775. The van der Waals surface area contributed by atoms with Crippen LogP contribution in [0.25, 0.3) is 5.69 Å². The zero-order valence-electron chi connectivity index (χ0n) is 16.5. The first-order valence-corrected chi connectivity index (χ1v) is 9.53. The van der Waals surface area contributed by atoms with Gasteiger partial charge in [-0.3, -0.25) is 4.79 Å². The molecule has 3 aromatic rings. The van der Waals surface area contributed by atoms with Crippen LogP contribution in [0.5, 0.6) is 5.75 Å². The Bertz CT molecular complexity index is 997. The van der Waals surface area contributed by atoms with Gasteiger partial charge in [-0.15, -0.1) is 0 Å². The van der Waals surface area contributed by atoms with Crippen LogP contribution in [-0.4, -0.2) is 22.8 Å². The molecule has 5 nitrogen and oxygen atoms in total. The van der Waals surface area contributed by atoms with Crippen LogP contribution in [0.2, 0.25) is 5.02 Å². The van der Waals surface area contributed by atoms with Gasteiger partial charge in [0.15, 0.2) is 0 Å². The second-order valence-corrected chi connectivity index (χ2v) is 7.15. The molecule has 0 unspecified atom stereocenters. The van der Waals surface area contributed by atoms with E-state index in [2.05, 4.69) is 10.4 Å². The molecule has 0 spiro atoms. The van der Waals surface area contributed by atoms with Crippen LogP contribution in [0.15, 0.2) is 42.5 Å². The number of nitrogens with zero attached hydrogens (tertiary/aromatic N) is 2. The van der Waals surface area contributed by atoms with E-state index in [-0.39, 0.29) is 5.91 Å². The number of rotatable bonds is 6. The number of aryl methyl sites for hydroxylation is 2. The Balaban J connectivity index is 1.72. The predicted octanol–water partition coefficient (Wildman–Crippen LogP) is 5.03. The first kappa shape index (κ1) is 20.0. The summed E-state index contributed by atoms with van der Waals surface area (Å²) in [6.07, 6.45) is 0.970. The highest BCUT2D eigenvalue weighted by atomic mass is 35.5. The number of carbonyl (C=O) groups is 1. The van der Waals surface area contributed by atoms with Crippen molar-refractivity contribution in [3.63, 3.8) is 0 Å². The van der Waals surface area contributed by atoms with Gasteiger partial charge in [0, 0.05) is 23.2 Å². The number of methoxy groups -OCH3 is 1. The van der Waals surface area contributed by atoms with E-state index in [1.807, 2.05) is 61.9 Å². The van der Waals surface area contributed by atoms with E-state index >= 15 is 0 Å². The molecule has 28 heavy (non-hydrogen) atoms. The fraction of sp³-hybridized carbons (Fsp3) is 0.273. The number of anilines is 1. The van der Waals surface area contributed by atoms with Crippen LogP contribution < -0.4 is 10.1 Å². The second kappa shape index (κ2) is 8.48. The van der Waals surface area contributed by atoms with Crippen molar-refractivity contribution >= 4 is 23.2 Å². The molecule has 6 heteroatoms. The summed E-state index contributed by atoms with van der Waals surface area (Å²) < 4.78 is 7.25. The number of aromatic nitrogens is 2. The molecule has 2 aromatic carbocycles. The zero-order chi connectivity index (χ0) is 20.3. The van der Waals surface area contributed by atoms with Crippen molar-refractivity contribution in [1.82, 2.24) is 9.78 Å². The van der Waals surface area contributed by atoms with Gasteiger partial charge >= 0.3 is 0 Å². The highest BCUT2D eigenvalue weighted by Crippen LogP contribution is 2.31. The van der Waals surface area contributed by atoms with Gasteiger partial charge in [-0.2, -0.15) is 5.10 Å². The highest BCUT2D eigenvalue weighted by molar-refractivity contribution is 6.31. The maximum absolute atomic E-state index is 12.5. The minimum Gasteiger partial charge on any atom is -0.495 e. The van der Waals surface area contributed by atoms with Crippen LogP contribution in [0.1, 0.15) is 28.9 Å². The van der Waals surface area contributed by atoms with Crippen LogP contribution in [0.3, 0.4) is 0 Å². The number of hydrogen-bond donors (Lipinski definition) is 1. The van der Waals surface area contributed by atoms with E-state index in [0.29, 0.717) is 29.3 Å². The van der Waals surface area contributed by atoms with Crippen molar-refractivity contribution in [2.75, 3.05) is 12.4 Å². The quantitative estimate of drug-likeness (QED) is 0.634. The molecule has 0 aliphatic rings. The standard InChI is InChI=1S/C22H24ClN3O2/c1-14-12-20(21(28-4)13-19(14)23)24-22(27)11-10-18-15(2)25-26(16(18)3)17-8-6-5-7-9-17/h5-9,12-13H,10-11H2,1-4H3,(H,24,27). The van der Waals surface area contributed by atoms with E-state index in [1.54, 1.807) is 13.2 Å². The maximum atomic E-state index is 12.5. The lowest BCUT2D eigenvalue weighted by Crippen LogP contribution is -2.13. The Labute approximate surface area is 170 Å². The summed E-state index contributed by atoms with van der Waals surface area (Å²) in [5.41, 5.74) is 5.61. The average molecular weight is 398 g/mol. The molecule has 0 fully saturated rings. The van der Waals surface area contributed by atoms with E-state index < -0.39 is 0 Å². The number of halogens is 1. The lowest BCUT2D eigenvalue weighted by molar-refractivity contribution is -0.116. The second-order valence-electron chi connectivity index (χ2n) is 6.75. The summed E-state index contributed by atoms with van der Waals surface area (Å²) in [6, 6.07) is 13.5. The molecular formula is C22H24ClN3O2. The minimum absolute atomic E-state index is 0.0775. The fourth-order valence-corrected chi connectivity index (χ4v) is 3.39. The van der Waals surface area contributed by atoms with Crippen LogP contribution in [-0.2, 0) is 11.2 Å². The molecule has 1 aromatic heterocycles. The Morgan fingerprint density at radius 3 is 2.57 bits per heavy atom. The number of benzene rings is 2. The van der Waals surface area contributed by atoms with Gasteiger partial charge in [0.2, 0.25) is 5.91 Å². The first-order valence-electron chi connectivity index (χ1n) is 9.15. The van der Waals surface area contributed by atoms with E-state index in [4.69, 9.17) is 16.3 Å². The van der Waals surface area contributed by atoms with Crippen molar-refractivity contribution in [2.45, 2.75) is 33.6 Å². The maximum Gasteiger partial charge on any atom is 0.224 e. The SMILES string of the molecule is COc1cc(Cl)c(C)cc1NC(=O)CCc1c(C)nn(-c2ccccc2)c1C. The fourth-order valence-electron chi connectivity index (χ4n) is 3.24. The van der Waals surface area contributed by atoms with Gasteiger partial charge in [0.25, 0.3) is 0 Å². The number of hydrogen-bond acceptors (Lipinski definition) is 3. The number of amides is 1. The lowest BCUT2D eigenvalue weighted by Gasteiger charge is -2.12. The predicted molar refractivity (Wildman–Crippen MR) is 113 cm³/mol. The first-order chi connectivity index (χ1) is 13.4. The molecule has 1 N–H and O–H groups in total. The Kier molecular flexibility index (Phi) is 6.05. The summed E-state index contributed by atoms with van der Waals surface area (Å²) >= 11 is 6.13. The van der Waals surface area contributed by atoms with Gasteiger partial charge in [-0.25, -0.2) is 4.68 Å². The Hall–Kier alpha value is -2.79. The van der Waals surface area contributed by atoms with Crippen molar-refractivity contribution < 1.29 is 9.53 Å². The van der Waals surface area contributed by atoms with E-state index in [1.165, 1.54) is 0 Å². The van der Waals surface area contributed by atoms with Crippen molar-refractivity contribution in [3.8, 4) is 11.4 Å². The molecule has 0 bridgehead atoms. The summed E-state index contributed by atoms with van der Waals surface area (Å²) in [6.45, 7) is 5.90. The van der Waals surface area contributed by atoms with Crippen molar-refractivity contribution in [3.05, 3.63) is 70.0 Å². The van der Waals surface area contributed by atoms with Gasteiger partial charge in [-0.1, -0.05) is 29.8 Å². The molecular weight excluding hydrogens is 374 g/mol. The molecule has 146 valence electrons. The number of ether oxygens (including phenoxy) is 1. The zero-order valence-corrected chi connectivity index (χ0v) is 17.3. The average Bonchev–Trinajstić information content (AvgIpc) is 2.97. The Morgan fingerprint density at radius 2 is 1.89 bits per heavy atom. The molecule has 0 atom stereocenters. The summed E-state index contributed by atoms with van der Waals surface area (Å²) in [4.78, 5) is 12.5. The molecule has 1 amide bonds. The van der Waals surface area contributed by atoms with E-state index in [0.717, 1.165) is 28.2 Å². The summed E-state index contributed by atoms with van der Waals surface area (Å²) in [5.74, 6) is 0.472. The number of para-hydroxylation sites is 1. The number of nitrogens with one attached hydrogen (secondary N) is 1. The van der Waals surface area contributed by atoms with Crippen LogP contribution in [0.4, 0.5) is 5.69 Å². The topological polar surface area (TPSA) is 56.1 Å². The third-order valence-corrected chi connectivity index (χ3v) is 5.21. The highest BCUT2D eigenvalue weighted by Gasteiger charge is 2.15. The molecule has 1 heterocycles. The van der Waals surface area contributed by atoms with Crippen molar-refractivity contribution in [2.24, 2.45) is 0 Å². The summed E-state index contributed by atoms with van der Waals surface area (Å²) in [7, 11) is 1.56. The summed E-state index contributed by atoms with van der Waals surface area (Å²) in [5, 5.41) is 8.17. The Morgan fingerprint density at radius 1 is 1.18 bits per heavy atom. The van der Waals surface area contributed by atoms with Gasteiger partial charge in [0.1, 0.15) is 5.75 Å². The van der Waals surface area contributed by atoms with Crippen LogP contribution >= 0.6 is 11.6 Å². The molecule has 3 rings (SSSR count). The normalized spacial score (nSPS) is 10.8. The smallest absolute Gasteiger partial charge is 0.224 e. The molecule has 0 saturated heterocycles. The monoisotopic (exact) mass is 397 g/mol.